The van der Waals surface area contributed by atoms with Gasteiger partial charge in [0.1, 0.15) is 5.60 Å². The topological polar surface area (TPSA) is 41.6 Å². The molecule has 1 heterocycles. The van der Waals surface area contributed by atoms with Crippen molar-refractivity contribution in [1.82, 2.24) is 10.2 Å². The minimum atomic E-state index is -0.391. The van der Waals surface area contributed by atoms with Crippen LogP contribution in [0.5, 0.6) is 0 Å². The van der Waals surface area contributed by atoms with Gasteiger partial charge in [0, 0.05) is 13.1 Å². The summed E-state index contributed by atoms with van der Waals surface area (Å²) in [6.07, 6.45) is 3.27. The molecule has 1 aliphatic rings. The standard InChI is InChI=1S/C14H28N2O2/c1-5-8-15-9-6-12-7-10-16(11-12)13(17)18-14(2,3)4/h12,15H,5-11H2,1-4H3. The Labute approximate surface area is 111 Å². The van der Waals surface area contributed by atoms with Gasteiger partial charge in [-0.25, -0.2) is 4.79 Å². The van der Waals surface area contributed by atoms with E-state index in [4.69, 9.17) is 4.74 Å². The normalized spacial score (nSPS) is 20.2. The molecule has 106 valence electrons. The molecule has 0 aromatic rings. The Kier molecular flexibility index (Phi) is 5.93. The molecule has 0 radical (unpaired) electrons. The molecule has 0 aromatic carbocycles. The van der Waals surface area contributed by atoms with E-state index >= 15 is 0 Å². The van der Waals surface area contributed by atoms with Crippen molar-refractivity contribution in [3.05, 3.63) is 0 Å². The molecule has 1 aliphatic heterocycles. The number of likely N-dealkylation sites (tertiary alicyclic amines) is 1. The molecule has 0 saturated carbocycles. The number of carbonyl (C=O) groups excluding carboxylic acids is 1. The number of nitrogens with one attached hydrogen (secondary N) is 1. The predicted molar refractivity (Wildman–Crippen MR) is 73.7 cm³/mol. The molecule has 1 fully saturated rings. The van der Waals surface area contributed by atoms with Crippen molar-refractivity contribution in [1.29, 1.82) is 0 Å². The lowest BCUT2D eigenvalue weighted by molar-refractivity contribution is 0.0287. The predicted octanol–water partition coefficient (Wildman–Crippen LogP) is 2.63. The molecule has 1 rings (SSSR count). The molecule has 18 heavy (non-hydrogen) atoms. The maximum Gasteiger partial charge on any atom is 0.410 e. The number of rotatable bonds is 5. The van der Waals surface area contributed by atoms with Crippen LogP contribution in [-0.4, -0.2) is 42.8 Å². The van der Waals surface area contributed by atoms with Gasteiger partial charge in [-0.1, -0.05) is 6.92 Å². The number of carbonyl (C=O) groups is 1. The van der Waals surface area contributed by atoms with Crippen LogP contribution >= 0.6 is 0 Å². The lowest BCUT2D eigenvalue weighted by Gasteiger charge is -2.24. The van der Waals surface area contributed by atoms with Crippen LogP contribution in [0.2, 0.25) is 0 Å². The number of amides is 1. The van der Waals surface area contributed by atoms with E-state index in [1.165, 1.54) is 6.42 Å². The van der Waals surface area contributed by atoms with Gasteiger partial charge in [0.25, 0.3) is 0 Å². The molecule has 1 saturated heterocycles. The smallest absolute Gasteiger partial charge is 0.410 e. The molecule has 0 spiro atoms. The van der Waals surface area contributed by atoms with E-state index < -0.39 is 5.60 Å². The van der Waals surface area contributed by atoms with E-state index in [1.807, 2.05) is 25.7 Å². The monoisotopic (exact) mass is 256 g/mol. The summed E-state index contributed by atoms with van der Waals surface area (Å²) in [6.45, 7) is 11.7. The third-order valence-electron chi connectivity index (χ3n) is 3.09. The van der Waals surface area contributed by atoms with Gasteiger partial charge in [0.05, 0.1) is 0 Å². The first-order valence-electron chi connectivity index (χ1n) is 7.11. The van der Waals surface area contributed by atoms with Gasteiger partial charge in [-0.05, 0) is 59.0 Å². The van der Waals surface area contributed by atoms with Crippen LogP contribution in [0.1, 0.15) is 47.0 Å². The second-order valence-electron chi connectivity index (χ2n) is 6.12. The fourth-order valence-electron chi connectivity index (χ4n) is 2.17. The summed E-state index contributed by atoms with van der Waals surface area (Å²) < 4.78 is 5.38. The van der Waals surface area contributed by atoms with Crippen LogP contribution in [0.25, 0.3) is 0 Å². The highest BCUT2D eigenvalue weighted by Crippen LogP contribution is 2.21. The third-order valence-corrected chi connectivity index (χ3v) is 3.09. The molecule has 1 amide bonds. The number of hydrogen-bond donors (Lipinski definition) is 1. The Morgan fingerprint density at radius 2 is 2.11 bits per heavy atom. The Bertz CT molecular complexity index is 261. The SMILES string of the molecule is CCCNCCC1CCN(C(=O)OC(C)(C)C)C1. The second kappa shape index (κ2) is 6.98. The van der Waals surface area contributed by atoms with Gasteiger partial charge in [-0.15, -0.1) is 0 Å². The summed E-state index contributed by atoms with van der Waals surface area (Å²) in [5, 5.41) is 3.41. The lowest BCUT2D eigenvalue weighted by atomic mass is 10.1. The summed E-state index contributed by atoms with van der Waals surface area (Å²) in [4.78, 5) is 13.7. The second-order valence-corrected chi connectivity index (χ2v) is 6.12. The first kappa shape index (κ1) is 15.3. The van der Waals surface area contributed by atoms with E-state index in [1.54, 1.807) is 0 Å². The van der Waals surface area contributed by atoms with E-state index in [0.29, 0.717) is 5.92 Å². The maximum absolute atomic E-state index is 11.9. The quantitative estimate of drug-likeness (QED) is 0.769. The van der Waals surface area contributed by atoms with Crippen LogP contribution in [0, 0.1) is 5.92 Å². The summed E-state index contributed by atoms with van der Waals surface area (Å²) in [7, 11) is 0. The first-order chi connectivity index (χ1) is 8.42. The average molecular weight is 256 g/mol. The molecule has 0 bridgehead atoms. The van der Waals surface area contributed by atoms with E-state index in [-0.39, 0.29) is 6.09 Å². The third kappa shape index (κ3) is 5.71. The van der Waals surface area contributed by atoms with Gasteiger partial charge in [0.2, 0.25) is 0 Å². The summed E-state index contributed by atoms with van der Waals surface area (Å²) >= 11 is 0. The molecule has 1 atom stereocenters. The van der Waals surface area contributed by atoms with Crippen molar-refractivity contribution >= 4 is 6.09 Å². The van der Waals surface area contributed by atoms with E-state index in [9.17, 15) is 4.79 Å². The van der Waals surface area contributed by atoms with Crippen molar-refractivity contribution in [3.63, 3.8) is 0 Å². The molecule has 0 aromatic heterocycles. The summed E-state index contributed by atoms with van der Waals surface area (Å²) in [5.41, 5.74) is -0.391. The van der Waals surface area contributed by atoms with Crippen molar-refractivity contribution in [3.8, 4) is 0 Å². The van der Waals surface area contributed by atoms with Gasteiger partial charge < -0.3 is 15.0 Å². The van der Waals surface area contributed by atoms with Crippen LogP contribution in [0.3, 0.4) is 0 Å². The van der Waals surface area contributed by atoms with Gasteiger partial charge >= 0.3 is 6.09 Å². The van der Waals surface area contributed by atoms with Gasteiger partial charge in [-0.2, -0.15) is 0 Å². The summed E-state index contributed by atoms with van der Waals surface area (Å²) in [5.74, 6) is 0.627. The van der Waals surface area contributed by atoms with Crippen molar-refractivity contribution < 1.29 is 9.53 Å². The highest BCUT2D eigenvalue weighted by Gasteiger charge is 2.29. The highest BCUT2D eigenvalue weighted by molar-refractivity contribution is 5.68. The average Bonchev–Trinajstić information content (AvgIpc) is 2.71. The Balaban J connectivity index is 2.22. The molecule has 0 aliphatic carbocycles. The van der Waals surface area contributed by atoms with E-state index in [0.717, 1.165) is 39.0 Å². The minimum absolute atomic E-state index is 0.161. The summed E-state index contributed by atoms with van der Waals surface area (Å²) in [6, 6.07) is 0. The largest absolute Gasteiger partial charge is 0.444 e. The molecule has 1 unspecified atom stereocenters. The number of ether oxygens (including phenoxy) is 1. The van der Waals surface area contributed by atoms with Crippen LogP contribution in [-0.2, 0) is 4.74 Å². The fraction of sp³-hybridized carbons (Fsp3) is 0.929. The van der Waals surface area contributed by atoms with Crippen molar-refractivity contribution in [2.24, 2.45) is 5.92 Å². The van der Waals surface area contributed by atoms with Gasteiger partial charge in [0.15, 0.2) is 0 Å². The molecule has 1 N–H and O–H groups in total. The zero-order chi connectivity index (χ0) is 13.6. The maximum atomic E-state index is 11.9. The van der Waals surface area contributed by atoms with Crippen LogP contribution < -0.4 is 5.32 Å². The Hall–Kier alpha value is -0.770. The number of hydrogen-bond acceptors (Lipinski definition) is 3. The van der Waals surface area contributed by atoms with Crippen molar-refractivity contribution in [2.75, 3.05) is 26.2 Å². The van der Waals surface area contributed by atoms with Gasteiger partial charge in [-0.3, -0.25) is 0 Å². The molecular formula is C14H28N2O2. The van der Waals surface area contributed by atoms with E-state index in [2.05, 4.69) is 12.2 Å². The highest BCUT2D eigenvalue weighted by atomic mass is 16.6. The zero-order valence-corrected chi connectivity index (χ0v) is 12.3. The van der Waals surface area contributed by atoms with Crippen LogP contribution in [0.4, 0.5) is 4.79 Å². The Morgan fingerprint density at radius 1 is 1.39 bits per heavy atom. The minimum Gasteiger partial charge on any atom is -0.444 e. The fourth-order valence-corrected chi connectivity index (χ4v) is 2.17. The zero-order valence-electron chi connectivity index (χ0n) is 12.3. The first-order valence-corrected chi connectivity index (χ1v) is 7.11. The lowest BCUT2D eigenvalue weighted by Crippen LogP contribution is -2.35. The molecule has 4 heteroatoms. The molecular weight excluding hydrogens is 228 g/mol. The number of nitrogens with zero attached hydrogens (tertiary/aromatic N) is 1. The molecule has 4 nitrogen and oxygen atoms in total. The Morgan fingerprint density at radius 3 is 2.72 bits per heavy atom. The van der Waals surface area contributed by atoms with Crippen molar-refractivity contribution in [2.45, 2.75) is 52.6 Å². The van der Waals surface area contributed by atoms with Crippen LogP contribution in [0.15, 0.2) is 0 Å².